The van der Waals surface area contributed by atoms with Crippen LogP contribution in [0.3, 0.4) is 0 Å². The molecular weight excluding hydrogens is 726 g/mol. The van der Waals surface area contributed by atoms with E-state index in [2.05, 4.69) is 62.5 Å². The standard InChI is InChI=1S/C16H16O.C9H10O.C8H10.4C2H6.2CH3.2Y/c1-2-8-15-11-6-7-12-16(15)17-13-14-9-4-3-5-10-14;1-2-5-8-6-3-4-7-9(8)10;1-2-8-6-4-3-5-7-8;4*1-2;;;;/h2-7,9-12H,1,8,13H2;2-4,6-7,10H,1,5H2;3-7H,2H2,1H3;4*1-2H3;2*1H3;;/q;;;;;;;2*-1;;. The third-order valence-corrected chi connectivity index (χ3v) is 5.18. The summed E-state index contributed by atoms with van der Waals surface area (Å²) in [5.74, 6) is 1.29. The van der Waals surface area contributed by atoms with Crippen LogP contribution in [0.5, 0.6) is 11.5 Å². The minimum Gasteiger partial charge on any atom is -0.508 e. The predicted octanol–water partition coefficient (Wildman–Crippen LogP) is 13.4. The van der Waals surface area contributed by atoms with Crippen molar-refractivity contribution in [2.75, 3.05) is 0 Å². The molecular formula is C43H66O2Y2-2. The average Bonchev–Trinajstić information content (AvgIpc) is 3.11. The Bertz CT molecular complexity index is 1130. The Morgan fingerprint density at radius 2 is 0.894 bits per heavy atom. The first-order chi connectivity index (χ1) is 21.2. The van der Waals surface area contributed by atoms with Gasteiger partial charge in [0, 0.05) is 65.4 Å². The molecule has 1 N–H and O–H groups in total. The van der Waals surface area contributed by atoms with Crippen LogP contribution in [-0.2, 0) is 91.3 Å². The van der Waals surface area contributed by atoms with Crippen LogP contribution < -0.4 is 4.74 Å². The largest absolute Gasteiger partial charge is 0.508 e. The molecule has 4 aromatic carbocycles. The molecule has 0 saturated heterocycles. The molecule has 0 amide bonds. The molecule has 0 aliphatic heterocycles. The van der Waals surface area contributed by atoms with Gasteiger partial charge >= 0.3 is 0 Å². The Balaban J connectivity index is -0.0000000931. The van der Waals surface area contributed by atoms with Crippen molar-refractivity contribution >= 4 is 0 Å². The Labute approximate surface area is 343 Å². The van der Waals surface area contributed by atoms with E-state index in [1.165, 1.54) is 16.7 Å². The van der Waals surface area contributed by atoms with Crippen LogP contribution in [0.15, 0.2) is 135 Å². The summed E-state index contributed by atoms with van der Waals surface area (Å²) < 4.78 is 5.83. The van der Waals surface area contributed by atoms with Gasteiger partial charge in [-0.1, -0.05) is 172 Å². The van der Waals surface area contributed by atoms with Gasteiger partial charge in [-0.05, 0) is 53.6 Å². The van der Waals surface area contributed by atoms with Gasteiger partial charge in [-0.15, -0.1) is 13.2 Å². The molecule has 0 spiro atoms. The van der Waals surface area contributed by atoms with Gasteiger partial charge in [0.25, 0.3) is 0 Å². The first kappa shape index (κ1) is 60.5. The fraction of sp³-hybridized carbons (Fsp3) is 0.302. The van der Waals surface area contributed by atoms with Crippen molar-refractivity contribution < 1.29 is 75.3 Å². The van der Waals surface area contributed by atoms with Crippen LogP contribution in [-0.4, -0.2) is 5.11 Å². The zero-order valence-corrected chi connectivity index (χ0v) is 37.5. The molecule has 2 radical (unpaired) electrons. The summed E-state index contributed by atoms with van der Waals surface area (Å²) in [7, 11) is 0. The summed E-state index contributed by atoms with van der Waals surface area (Å²) in [6.07, 6.45) is 6.37. The summed E-state index contributed by atoms with van der Waals surface area (Å²) in [6.45, 7) is 26.1. The monoisotopic (exact) mass is 792 g/mol. The van der Waals surface area contributed by atoms with E-state index in [-0.39, 0.29) is 80.3 Å². The van der Waals surface area contributed by atoms with Crippen LogP contribution in [0, 0.1) is 14.9 Å². The Kier molecular flexibility index (Phi) is 62.5. The van der Waals surface area contributed by atoms with Gasteiger partial charge in [0.15, 0.2) is 0 Å². The number of aromatic hydroxyl groups is 1. The van der Waals surface area contributed by atoms with Crippen molar-refractivity contribution in [3.63, 3.8) is 0 Å². The van der Waals surface area contributed by atoms with E-state index in [1.807, 2.05) is 122 Å². The van der Waals surface area contributed by atoms with Gasteiger partial charge in [0.05, 0.1) is 0 Å². The second kappa shape index (κ2) is 48.6. The zero-order valence-electron chi connectivity index (χ0n) is 31.8. The molecule has 0 saturated carbocycles. The molecule has 47 heavy (non-hydrogen) atoms. The van der Waals surface area contributed by atoms with E-state index in [0.717, 1.165) is 30.6 Å². The maximum absolute atomic E-state index is 9.19. The van der Waals surface area contributed by atoms with Crippen LogP contribution in [0.2, 0.25) is 0 Å². The molecule has 4 aromatic rings. The molecule has 0 unspecified atom stereocenters. The molecule has 0 aliphatic rings. The molecule has 0 fully saturated rings. The average molecular weight is 793 g/mol. The van der Waals surface area contributed by atoms with Crippen LogP contribution >= 0.6 is 0 Å². The smallest absolute Gasteiger partial charge is 0.123 e. The van der Waals surface area contributed by atoms with E-state index in [9.17, 15) is 5.11 Å². The third kappa shape index (κ3) is 32.5. The third-order valence-electron chi connectivity index (χ3n) is 5.18. The Hall–Kier alpha value is -1.83. The van der Waals surface area contributed by atoms with Gasteiger partial charge in [-0.3, -0.25) is 0 Å². The normalized spacial score (nSPS) is 7.60. The fourth-order valence-electron chi connectivity index (χ4n) is 3.26. The summed E-state index contributed by atoms with van der Waals surface area (Å²) in [5, 5.41) is 9.19. The molecule has 4 rings (SSSR count). The van der Waals surface area contributed by atoms with Crippen LogP contribution in [0.1, 0.15) is 84.6 Å². The van der Waals surface area contributed by atoms with Crippen molar-refractivity contribution in [1.29, 1.82) is 0 Å². The van der Waals surface area contributed by atoms with Crippen LogP contribution in [0.25, 0.3) is 0 Å². The second-order valence-corrected chi connectivity index (χ2v) is 7.84. The van der Waals surface area contributed by atoms with E-state index < -0.39 is 0 Å². The molecule has 4 heteroatoms. The van der Waals surface area contributed by atoms with Crippen molar-refractivity contribution in [1.82, 2.24) is 0 Å². The van der Waals surface area contributed by atoms with Crippen molar-refractivity contribution in [3.05, 3.63) is 172 Å². The second-order valence-electron chi connectivity index (χ2n) is 7.84. The van der Waals surface area contributed by atoms with Gasteiger partial charge < -0.3 is 24.7 Å². The maximum atomic E-state index is 9.19. The van der Waals surface area contributed by atoms with Crippen molar-refractivity contribution in [2.24, 2.45) is 0 Å². The van der Waals surface area contributed by atoms with E-state index in [0.29, 0.717) is 12.4 Å². The van der Waals surface area contributed by atoms with E-state index in [1.54, 1.807) is 12.1 Å². The zero-order chi connectivity index (χ0) is 33.1. The van der Waals surface area contributed by atoms with Gasteiger partial charge in [0.1, 0.15) is 18.1 Å². The number of para-hydroxylation sites is 2. The minimum atomic E-state index is 0. The van der Waals surface area contributed by atoms with Crippen LogP contribution in [0.4, 0.5) is 0 Å². The number of allylic oxidation sites excluding steroid dienone is 2. The first-order valence-corrected chi connectivity index (χ1v) is 15.9. The molecule has 0 bridgehead atoms. The number of ether oxygens (including phenoxy) is 1. The van der Waals surface area contributed by atoms with Gasteiger partial charge in [-0.25, -0.2) is 0 Å². The van der Waals surface area contributed by atoms with Gasteiger partial charge in [-0.2, -0.15) is 0 Å². The number of phenolic OH excluding ortho intramolecular Hbond substituents is 1. The topological polar surface area (TPSA) is 29.5 Å². The van der Waals surface area contributed by atoms with Gasteiger partial charge in [0.2, 0.25) is 0 Å². The molecule has 2 nitrogen and oxygen atoms in total. The number of benzene rings is 4. The fourth-order valence-corrected chi connectivity index (χ4v) is 3.26. The molecule has 0 aliphatic carbocycles. The van der Waals surface area contributed by atoms with Crippen molar-refractivity contribution in [2.45, 2.75) is 88.2 Å². The molecule has 0 atom stereocenters. The SMILES string of the molecule is C=CCc1ccccc1O.C=CCc1ccccc1OCc1ccccc1.CC.CC.CC.CC.CCc1ccccc1.[CH3-].[CH3-].[Y].[Y]. The summed E-state index contributed by atoms with van der Waals surface area (Å²) in [5.41, 5.74) is 4.70. The summed E-state index contributed by atoms with van der Waals surface area (Å²) in [4.78, 5) is 0. The first-order valence-electron chi connectivity index (χ1n) is 15.9. The molecule has 258 valence electrons. The summed E-state index contributed by atoms with van der Waals surface area (Å²) >= 11 is 0. The summed E-state index contributed by atoms with van der Waals surface area (Å²) in [6, 6.07) is 36.0. The van der Waals surface area contributed by atoms with Crippen molar-refractivity contribution in [3.8, 4) is 11.5 Å². The Morgan fingerprint density at radius 1 is 0.532 bits per heavy atom. The number of rotatable bonds is 8. The number of phenols is 1. The molecule has 0 aromatic heterocycles. The number of hydrogen-bond acceptors (Lipinski definition) is 2. The number of aryl methyl sites for hydroxylation is 1. The quantitative estimate of drug-likeness (QED) is 0.142. The maximum Gasteiger partial charge on any atom is 0.123 e. The Morgan fingerprint density at radius 3 is 1.30 bits per heavy atom. The van der Waals surface area contributed by atoms with E-state index in [4.69, 9.17) is 4.74 Å². The number of hydrogen-bond donors (Lipinski definition) is 1. The van der Waals surface area contributed by atoms with E-state index >= 15 is 0 Å². The molecule has 0 heterocycles. The predicted molar refractivity (Wildman–Crippen MR) is 207 cm³/mol. The minimum absolute atomic E-state index is 0.